The smallest absolute Gasteiger partial charge is 0.121 e. The van der Waals surface area contributed by atoms with E-state index in [4.69, 9.17) is 5.73 Å². The Labute approximate surface area is 88.2 Å². The van der Waals surface area contributed by atoms with Gasteiger partial charge in [0.2, 0.25) is 0 Å². The number of anilines is 1. The Bertz CT molecular complexity index is 330. The molecule has 6 N–H and O–H groups in total. The van der Waals surface area contributed by atoms with E-state index >= 15 is 0 Å². The van der Waals surface area contributed by atoms with E-state index in [1.807, 2.05) is 0 Å². The number of hydrogen-bond acceptors (Lipinski definition) is 5. The van der Waals surface area contributed by atoms with Crippen LogP contribution in [0.4, 0.5) is 5.69 Å². The quantitative estimate of drug-likeness (QED) is 0.345. The molecule has 0 radical (unpaired) electrons. The summed E-state index contributed by atoms with van der Waals surface area (Å²) >= 11 is 0. The number of nitrogen functional groups attached to an aromatic ring is 1. The van der Waals surface area contributed by atoms with Crippen molar-refractivity contribution in [3.05, 3.63) is 23.8 Å². The molecule has 5 nitrogen and oxygen atoms in total. The fourth-order valence-electron chi connectivity index (χ4n) is 1.34. The number of nitrogens with two attached hydrogens (primary N) is 1. The molecule has 1 rings (SSSR count). The predicted molar refractivity (Wildman–Crippen MR) is 57.4 cm³/mol. The Balaban J connectivity index is 2.89. The highest BCUT2D eigenvalue weighted by Crippen LogP contribution is 2.28. The third-order valence-corrected chi connectivity index (χ3v) is 2.15. The second kappa shape index (κ2) is 4.97. The van der Waals surface area contributed by atoms with E-state index < -0.39 is 12.2 Å². The molecule has 0 bridgehead atoms. The highest BCUT2D eigenvalue weighted by molar-refractivity contribution is 5.48. The molecule has 0 heterocycles. The fraction of sp³-hybridized carbons (Fsp3) is 0.400. The highest BCUT2D eigenvalue weighted by atomic mass is 16.3. The van der Waals surface area contributed by atoms with Crippen molar-refractivity contribution in [1.29, 1.82) is 0 Å². The van der Waals surface area contributed by atoms with E-state index in [0.717, 1.165) is 0 Å². The van der Waals surface area contributed by atoms with Crippen LogP contribution in [0.3, 0.4) is 0 Å². The van der Waals surface area contributed by atoms with Gasteiger partial charge in [0.25, 0.3) is 0 Å². The van der Waals surface area contributed by atoms with E-state index in [9.17, 15) is 15.3 Å². The van der Waals surface area contributed by atoms with Crippen LogP contribution in [-0.4, -0.2) is 35.0 Å². The Morgan fingerprint density at radius 3 is 2.67 bits per heavy atom. The topological polar surface area (TPSA) is 98.7 Å². The zero-order valence-electron chi connectivity index (χ0n) is 8.51. The first-order valence-corrected chi connectivity index (χ1v) is 4.65. The Kier molecular flexibility index (Phi) is 3.90. The maximum absolute atomic E-state index is 9.72. The number of hydrogen-bond donors (Lipinski definition) is 5. The molecule has 5 heteroatoms. The van der Waals surface area contributed by atoms with Crippen molar-refractivity contribution in [1.82, 2.24) is 5.32 Å². The van der Waals surface area contributed by atoms with Gasteiger partial charge in [0.15, 0.2) is 0 Å². The lowest BCUT2D eigenvalue weighted by Gasteiger charge is -2.19. The Morgan fingerprint density at radius 1 is 1.40 bits per heavy atom. The lowest BCUT2D eigenvalue weighted by atomic mass is 10.0. The van der Waals surface area contributed by atoms with Gasteiger partial charge < -0.3 is 26.4 Å². The van der Waals surface area contributed by atoms with Gasteiger partial charge in [-0.2, -0.15) is 0 Å². The molecule has 84 valence electrons. The molecule has 0 amide bonds. The first kappa shape index (κ1) is 11.8. The standard InChI is InChI=1S/C10H16N2O3/c1-12-5-9(14)10(15)7-4-6(11)2-3-8(7)13/h2-4,9-10,12-15H,5,11H2,1H3. The largest absolute Gasteiger partial charge is 0.508 e. The van der Waals surface area contributed by atoms with Crippen molar-refractivity contribution >= 4 is 5.69 Å². The van der Waals surface area contributed by atoms with E-state index in [1.54, 1.807) is 7.05 Å². The molecule has 15 heavy (non-hydrogen) atoms. The summed E-state index contributed by atoms with van der Waals surface area (Å²) in [6, 6.07) is 4.36. The molecular weight excluding hydrogens is 196 g/mol. The van der Waals surface area contributed by atoms with E-state index in [-0.39, 0.29) is 17.9 Å². The number of likely N-dealkylation sites (N-methyl/N-ethyl adjacent to an activating group) is 1. The van der Waals surface area contributed by atoms with Crippen LogP contribution in [0.5, 0.6) is 5.75 Å². The van der Waals surface area contributed by atoms with Crippen LogP contribution in [0.2, 0.25) is 0 Å². The summed E-state index contributed by atoms with van der Waals surface area (Å²) in [5.74, 6) is -0.0770. The number of benzene rings is 1. The first-order chi connectivity index (χ1) is 7.06. The van der Waals surface area contributed by atoms with Crippen LogP contribution in [0.25, 0.3) is 0 Å². The van der Waals surface area contributed by atoms with Crippen molar-refractivity contribution in [2.24, 2.45) is 0 Å². The molecule has 2 unspecified atom stereocenters. The molecule has 1 aromatic carbocycles. The Hall–Kier alpha value is -1.30. The van der Waals surface area contributed by atoms with Crippen molar-refractivity contribution in [2.45, 2.75) is 12.2 Å². The molecule has 0 fully saturated rings. The second-order valence-corrected chi connectivity index (χ2v) is 3.39. The maximum Gasteiger partial charge on any atom is 0.121 e. The van der Waals surface area contributed by atoms with Crippen molar-refractivity contribution < 1.29 is 15.3 Å². The number of aliphatic hydroxyl groups is 2. The maximum atomic E-state index is 9.72. The average Bonchev–Trinajstić information content (AvgIpc) is 2.21. The van der Waals surface area contributed by atoms with Crippen molar-refractivity contribution in [2.75, 3.05) is 19.3 Å². The van der Waals surface area contributed by atoms with E-state index in [1.165, 1.54) is 18.2 Å². The SMILES string of the molecule is CNCC(O)C(O)c1cc(N)ccc1O. The van der Waals surface area contributed by atoms with Gasteiger partial charge in [-0.15, -0.1) is 0 Å². The van der Waals surface area contributed by atoms with Crippen molar-refractivity contribution in [3.8, 4) is 5.75 Å². The number of rotatable bonds is 4. The summed E-state index contributed by atoms with van der Waals surface area (Å²) < 4.78 is 0. The molecule has 0 saturated carbocycles. The molecule has 0 aliphatic carbocycles. The average molecular weight is 212 g/mol. The molecule has 2 atom stereocenters. The lowest BCUT2D eigenvalue weighted by Crippen LogP contribution is -2.29. The molecule has 1 aromatic rings. The zero-order chi connectivity index (χ0) is 11.4. The van der Waals surface area contributed by atoms with E-state index in [2.05, 4.69) is 5.32 Å². The van der Waals surface area contributed by atoms with Crippen LogP contribution in [0.1, 0.15) is 11.7 Å². The van der Waals surface area contributed by atoms with Crippen LogP contribution >= 0.6 is 0 Å². The fourth-order valence-corrected chi connectivity index (χ4v) is 1.34. The van der Waals surface area contributed by atoms with Crippen molar-refractivity contribution in [3.63, 3.8) is 0 Å². The third-order valence-electron chi connectivity index (χ3n) is 2.15. The van der Waals surface area contributed by atoms with Crippen LogP contribution in [0.15, 0.2) is 18.2 Å². The Morgan fingerprint density at radius 2 is 2.07 bits per heavy atom. The number of phenolic OH excluding ortho intramolecular Hbond substituents is 1. The normalized spacial score (nSPS) is 14.9. The second-order valence-electron chi connectivity index (χ2n) is 3.39. The van der Waals surface area contributed by atoms with Gasteiger partial charge in [-0.3, -0.25) is 0 Å². The summed E-state index contributed by atoms with van der Waals surface area (Å²) in [6.45, 7) is 0.232. The van der Waals surface area contributed by atoms with E-state index in [0.29, 0.717) is 5.69 Å². The zero-order valence-corrected chi connectivity index (χ0v) is 8.51. The minimum Gasteiger partial charge on any atom is -0.508 e. The lowest BCUT2D eigenvalue weighted by molar-refractivity contribution is 0.0189. The third kappa shape index (κ3) is 2.82. The summed E-state index contributed by atoms with van der Waals surface area (Å²) in [5.41, 5.74) is 6.18. The summed E-state index contributed by atoms with van der Waals surface area (Å²) in [6.07, 6.45) is -2.14. The van der Waals surface area contributed by atoms with Crippen LogP contribution < -0.4 is 11.1 Å². The number of aromatic hydroxyl groups is 1. The molecule has 0 aliphatic heterocycles. The van der Waals surface area contributed by atoms with Gasteiger partial charge >= 0.3 is 0 Å². The highest BCUT2D eigenvalue weighted by Gasteiger charge is 2.20. The van der Waals surface area contributed by atoms with Crippen LogP contribution in [0, 0.1) is 0 Å². The summed E-state index contributed by atoms with van der Waals surface area (Å²) in [5, 5.41) is 31.4. The van der Waals surface area contributed by atoms with Gasteiger partial charge in [0.05, 0.1) is 6.10 Å². The predicted octanol–water partition coefficient (Wildman–Crippen LogP) is -0.412. The minimum atomic E-state index is -1.15. The number of aliphatic hydroxyl groups excluding tert-OH is 2. The first-order valence-electron chi connectivity index (χ1n) is 4.65. The van der Waals surface area contributed by atoms with Gasteiger partial charge in [-0.05, 0) is 25.2 Å². The molecule has 0 spiro atoms. The minimum absolute atomic E-state index is 0.0770. The molecule has 0 aliphatic rings. The van der Waals surface area contributed by atoms with Gasteiger partial charge in [-0.1, -0.05) is 0 Å². The monoisotopic (exact) mass is 212 g/mol. The molecule has 0 saturated heterocycles. The van der Waals surface area contributed by atoms with Gasteiger partial charge in [0.1, 0.15) is 11.9 Å². The number of nitrogens with one attached hydrogen (secondary N) is 1. The van der Waals surface area contributed by atoms with Gasteiger partial charge in [0, 0.05) is 17.8 Å². The summed E-state index contributed by atoms with van der Waals surface area (Å²) in [7, 11) is 1.66. The van der Waals surface area contributed by atoms with Crippen LogP contribution in [-0.2, 0) is 0 Å². The molecule has 0 aromatic heterocycles. The summed E-state index contributed by atoms with van der Waals surface area (Å²) in [4.78, 5) is 0. The van der Waals surface area contributed by atoms with Gasteiger partial charge in [-0.25, -0.2) is 0 Å². The number of phenols is 1. The molecular formula is C10H16N2O3.